The number of aryl methyl sites for hydroxylation is 4. The van der Waals surface area contributed by atoms with Gasteiger partial charge < -0.3 is 10.2 Å². The molecule has 2 atom stereocenters. The maximum absolute atomic E-state index is 12.7. The summed E-state index contributed by atoms with van der Waals surface area (Å²) in [5.74, 6) is 0.265. The van der Waals surface area contributed by atoms with Crippen molar-refractivity contribution in [3.05, 3.63) is 58.7 Å². The zero-order valence-electron chi connectivity index (χ0n) is 18.2. The topological polar surface area (TPSA) is 78.8 Å². The summed E-state index contributed by atoms with van der Waals surface area (Å²) >= 11 is 1.36. The minimum atomic E-state index is -3.11. The number of carbonyl (C=O) groups excluding carboxylic acids is 1. The molecule has 2 aromatic rings. The van der Waals surface area contributed by atoms with Crippen LogP contribution in [0.25, 0.3) is 0 Å². The molecule has 8 heteroatoms. The SMILES string of the molecule is Cc1ccc(N2C(SCC(=O)Nc3c(C)cccc3C)=N[C@@H]3CS(=O)(=O)C[C@@H]32)c(C)c1. The lowest BCUT2D eigenvalue weighted by Crippen LogP contribution is -2.39. The summed E-state index contributed by atoms with van der Waals surface area (Å²) in [6.45, 7) is 8.00. The average molecular weight is 458 g/mol. The van der Waals surface area contributed by atoms with Gasteiger partial charge in [-0.3, -0.25) is 9.79 Å². The summed E-state index contributed by atoms with van der Waals surface area (Å²) < 4.78 is 24.5. The molecule has 0 unspecified atom stereocenters. The van der Waals surface area contributed by atoms with Gasteiger partial charge in [-0.15, -0.1) is 0 Å². The fraction of sp³-hybridized carbons (Fsp3) is 0.391. The molecule has 1 fully saturated rings. The number of sulfone groups is 1. The number of benzene rings is 2. The highest BCUT2D eigenvalue weighted by Gasteiger charge is 2.47. The third-order valence-electron chi connectivity index (χ3n) is 5.80. The Morgan fingerprint density at radius 1 is 1.10 bits per heavy atom. The van der Waals surface area contributed by atoms with E-state index < -0.39 is 9.84 Å². The molecule has 2 aliphatic rings. The molecule has 1 saturated heterocycles. The summed E-state index contributed by atoms with van der Waals surface area (Å²) in [5, 5.41) is 3.73. The number of fused-ring (bicyclic) bond motifs is 1. The Morgan fingerprint density at radius 2 is 1.81 bits per heavy atom. The number of amides is 1. The van der Waals surface area contributed by atoms with Gasteiger partial charge in [0.15, 0.2) is 15.0 Å². The van der Waals surface area contributed by atoms with E-state index in [1.54, 1.807) is 0 Å². The Balaban J connectivity index is 1.55. The molecule has 0 bridgehead atoms. The Kier molecular flexibility index (Phi) is 5.87. The predicted molar refractivity (Wildman–Crippen MR) is 129 cm³/mol. The zero-order valence-corrected chi connectivity index (χ0v) is 19.8. The van der Waals surface area contributed by atoms with Gasteiger partial charge in [0.2, 0.25) is 5.91 Å². The molecule has 0 saturated carbocycles. The standard InChI is InChI=1S/C23H27N3O3S2/c1-14-8-9-19(17(4)10-14)26-20-13-31(28,29)12-18(20)24-23(26)30-11-21(27)25-22-15(2)6-5-7-16(22)3/h5-10,18,20H,11-13H2,1-4H3,(H,25,27)/t18-,20+/m1/s1. The second kappa shape index (κ2) is 8.31. The van der Waals surface area contributed by atoms with Crippen molar-refractivity contribution in [2.75, 3.05) is 27.5 Å². The summed E-state index contributed by atoms with van der Waals surface area (Å²) in [7, 11) is -3.11. The number of nitrogens with zero attached hydrogens (tertiary/aromatic N) is 2. The highest BCUT2D eigenvalue weighted by atomic mass is 32.2. The molecule has 0 spiro atoms. The number of carbonyl (C=O) groups is 1. The van der Waals surface area contributed by atoms with E-state index in [2.05, 4.69) is 11.4 Å². The van der Waals surface area contributed by atoms with Crippen molar-refractivity contribution in [2.24, 2.45) is 4.99 Å². The van der Waals surface area contributed by atoms with E-state index in [0.29, 0.717) is 5.17 Å². The van der Waals surface area contributed by atoms with Gasteiger partial charge in [0, 0.05) is 11.4 Å². The van der Waals surface area contributed by atoms with Gasteiger partial charge in [-0.2, -0.15) is 0 Å². The van der Waals surface area contributed by atoms with E-state index >= 15 is 0 Å². The number of rotatable bonds is 4. The van der Waals surface area contributed by atoms with Crippen LogP contribution in [-0.2, 0) is 14.6 Å². The Labute approximate surface area is 188 Å². The van der Waals surface area contributed by atoms with E-state index in [4.69, 9.17) is 4.99 Å². The monoisotopic (exact) mass is 457 g/mol. The molecule has 1 amide bonds. The smallest absolute Gasteiger partial charge is 0.234 e. The quantitative estimate of drug-likeness (QED) is 0.758. The Bertz CT molecular complexity index is 1150. The van der Waals surface area contributed by atoms with Crippen LogP contribution in [0.1, 0.15) is 22.3 Å². The van der Waals surface area contributed by atoms with Crippen LogP contribution in [0.4, 0.5) is 11.4 Å². The van der Waals surface area contributed by atoms with Gasteiger partial charge in [0.05, 0.1) is 29.3 Å². The van der Waals surface area contributed by atoms with Crippen LogP contribution in [0.15, 0.2) is 41.4 Å². The number of hydrogen-bond donors (Lipinski definition) is 1. The Morgan fingerprint density at radius 3 is 2.48 bits per heavy atom. The number of anilines is 2. The number of para-hydroxylation sites is 1. The van der Waals surface area contributed by atoms with Crippen molar-refractivity contribution >= 4 is 44.0 Å². The predicted octanol–water partition coefficient (Wildman–Crippen LogP) is 3.63. The molecule has 2 aliphatic heterocycles. The van der Waals surface area contributed by atoms with Gasteiger partial charge in [-0.25, -0.2) is 8.42 Å². The molecule has 1 N–H and O–H groups in total. The van der Waals surface area contributed by atoms with Crippen molar-refractivity contribution < 1.29 is 13.2 Å². The van der Waals surface area contributed by atoms with E-state index in [1.807, 2.05) is 62.9 Å². The first-order valence-corrected chi connectivity index (χ1v) is 13.1. The number of hydrogen-bond acceptors (Lipinski definition) is 6. The highest BCUT2D eigenvalue weighted by Crippen LogP contribution is 2.36. The third kappa shape index (κ3) is 4.50. The van der Waals surface area contributed by atoms with Crippen molar-refractivity contribution in [2.45, 2.75) is 39.8 Å². The van der Waals surface area contributed by atoms with Crippen LogP contribution < -0.4 is 10.2 Å². The number of aliphatic imine (C=N–C) groups is 1. The molecule has 2 heterocycles. The first-order valence-electron chi connectivity index (χ1n) is 10.3. The van der Waals surface area contributed by atoms with Gasteiger partial charge >= 0.3 is 0 Å². The first-order chi connectivity index (χ1) is 14.6. The average Bonchev–Trinajstić information content (AvgIpc) is 3.15. The fourth-order valence-corrected chi connectivity index (χ4v) is 7.07. The molecule has 0 radical (unpaired) electrons. The maximum atomic E-state index is 12.7. The molecular weight excluding hydrogens is 430 g/mol. The molecule has 164 valence electrons. The van der Waals surface area contributed by atoms with Crippen LogP contribution in [0.5, 0.6) is 0 Å². The van der Waals surface area contributed by atoms with Gasteiger partial charge in [-0.1, -0.05) is 47.7 Å². The van der Waals surface area contributed by atoms with Crippen LogP contribution >= 0.6 is 11.8 Å². The highest BCUT2D eigenvalue weighted by molar-refractivity contribution is 8.14. The fourth-order valence-electron chi connectivity index (χ4n) is 4.31. The van der Waals surface area contributed by atoms with Gasteiger partial charge in [0.25, 0.3) is 0 Å². The zero-order chi connectivity index (χ0) is 22.3. The lowest BCUT2D eigenvalue weighted by Gasteiger charge is -2.28. The second-order valence-electron chi connectivity index (χ2n) is 8.39. The van der Waals surface area contributed by atoms with Crippen LogP contribution in [0.3, 0.4) is 0 Å². The molecule has 6 nitrogen and oxygen atoms in total. The van der Waals surface area contributed by atoms with E-state index in [1.165, 1.54) is 11.8 Å². The second-order valence-corrected chi connectivity index (χ2v) is 11.5. The molecule has 4 rings (SSSR count). The lowest BCUT2D eigenvalue weighted by molar-refractivity contribution is -0.113. The van der Waals surface area contributed by atoms with Crippen LogP contribution in [0, 0.1) is 27.7 Å². The van der Waals surface area contributed by atoms with E-state index in [0.717, 1.165) is 33.6 Å². The maximum Gasteiger partial charge on any atom is 0.234 e. The molecule has 0 aromatic heterocycles. The molecule has 2 aromatic carbocycles. The third-order valence-corrected chi connectivity index (χ3v) is 8.46. The van der Waals surface area contributed by atoms with Crippen LogP contribution in [-0.4, -0.2) is 48.8 Å². The largest absolute Gasteiger partial charge is 0.325 e. The summed E-state index contributed by atoms with van der Waals surface area (Å²) in [6.07, 6.45) is 0. The van der Waals surface area contributed by atoms with Crippen molar-refractivity contribution in [1.29, 1.82) is 0 Å². The minimum absolute atomic E-state index is 0.0672. The van der Waals surface area contributed by atoms with Gasteiger partial charge in [-0.05, 0) is 50.5 Å². The molecule has 31 heavy (non-hydrogen) atoms. The normalized spacial score (nSPS) is 21.7. The summed E-state index contributed by atoms with van der Waals surface area (Å²) in [4.78, 5) is 19.4. The van der Waals surface area contributed by atoms with E-state index in [-0.39, 0.29) is 35.2 Å². The van der Waals surface area contributed by atoms with E-state index in [9.17, 15) is 13.2 Å². The van der Waals surface area contributed by atoms with Gasteiger partial charge in [0.1, 0.15) is 0 Å². The number of nitrogens with one attached hydrogen (secondary N) is 1. The van der Waals surface area contributed by atoms with Crippen molar-refractivity contribution in [3.8, 4) is 0 Å². The summed E-state index contributed by atoms with van der Waals surface area (Å²) in [5.41, 5.74) is 6.06. The lowest BCUT2D eigenvalue weighted by atomic mass is 10.1. The summed E-state index contributed by atoms with van der Waals surface area (Å²) in [6, 6.07) is 11.5. The molecule has 0 aliphatic carbocycles. The number of amidine groups is 1. The molecular formula is C23H27N3O3S2. The minimum Gasteiger partial charge on any atom is -0.325 e. The first kappa shape index (κ1) is 21.9. The van der Waals surface area contributed by atoms with Crippen molar-refractivity contribution in [3.63, 3.8) is 0 Å². The van der Waals surface area contributed by atoms with Crippen molar-refractivity contribution in [1.82, 2.24) is 0 Å². The van der Waals surface area contributed by atoms with Crippen LogP contribution in [0.2, 0.25) is 0 Å². The number of thioether (sulfide) groups is 1. The Hall–Kier alpha value is -2.32.